The highest BCUT2D eigenvalue weighted by molar-refractivity contribution is 5.18. The number of hydrogen-bond donors (Lipinski definition) is 1. The minimum atomic E-state index is -0.481. The summed E-state index contributed by atoms with van der Waals surface area (Å²) in [5.41, 5.74) is 0.787. The predicted octanol–water partition coefficient (Wildman–Crippen LogP) is 2.20. The Labute approximate surface area is 90.3 Å². The molecule has 1 unspecified atom stereocenters. The highest BCUT2D eigenvalue weighted by Gasteiger charge is 2.07. The molecule has 0 heterocycles. The molecular weight excluding hydrogens is 193 g/mol. The van der Waals surface area contributed by atoms with E-state index < -0.39 is 6.10 Å². The lowest BCUT2D eigenvalue weighted by atomic mass is 10.0. The molecule has 0 spiro atoms. The second-order valence-electron chi connectivity index (χ2n) is 4.01. The summed E-state index contributed by atoms with van der Waals surface area (Å²) in [6.07, 6.45) is 1.17. The van der Waals surface area contributed by atoms with Gasteiger partial charge >= 0.3 is 0 Å². The van der Waals surface area contributed by atoms with Crippen molar-refractivity contribution in [2.75, 3.05) is 20.6 Å². The van der Waals surface area contributed by atoms with Crippen molar-refractivity contribution >= 4 is 0 Å². The van der Waals surface area contributed by atoms with Crippen LogP contribution in [-0.4, -0.2) is 30.6 Å². The van der Waals surface area contributed by atoms with Gasteiger partial charge in [0.25, 0.3) is 0 Å². The van der Waals surface area contributed by atoms with E-state index in [0.717, 1.165) is 18.5 Å². The molecule has 0 amide bonds. The minimum Gasteiger partial charge on any atom is -0.388 e. The molecule has 3 heteroatoms. The van der Waals surface area contributed by atoms with Crippen LogP contribution >= 0.6 is 0 Å². The van der Waals surface area contributed by atoms with E-state index in [2.05, 4.69) is 4.90 Å². The van der Waals surface area contributed by atoms with E-state index in [1.54, 1.807) is 12.1 Å². The van der Waals surface area contributed by atoms with Crippen LogP contribution in [0.15, 0.2) is 24.3 Å². The SMILES string of the molecule is CN(C)CCCC(O)c1ccc(F)cc1. The second kappa shape index (κ2) is 5.83. The van der Waals surface area contributed by atoms with Gasteiger partial charge in [0.2, 0.25) is 0 Å². The molecule has 1 N–H and O–H groups in total. The molecule has 1 atom stereocenters. The zero-order valence-electron chi connectivity index (χ0n) is 9.28. The maximum Gasteiger partial charge on any atom is 0.123 e. The van der Waals surface area contributed by atoms with Gasteiger partial charge in [-0.05, 0) is 51.2 Å². The van der Waals surface area contributed by atoms with Crippen molar-refractivity contribution in [3.05, 3.63) is 35.6 Å². The predicted molar refractivity (Wildman–Crippen MR) is 59.1 cm³/mol. The molecule has 0 radical (unpaired) electrons. The van der Waals surface area contributed by atoms with E-state index >= 15 is 0 Å². The second-order valence-corrected chi connectivity index (χ2v) is 4.01. The maximum absolute atomic E-state index is 12.6. The summed E-state index contributed by atoms with van der Waals surface area (Å²) in [6, 6.07) is 6.03. The van der Waals surface area contributed by atoms with Gasteiger partial charge in [0.05, 0.1) is 6.10 Å². The Balaban J connectivity index is 2.40. The number of aliphatic hydroxyl groups excluding tert-OH is 1. The molecular formula is C12H18FNO. The van der Waals surface area contributed by atoms with Crippen LogP contribution in [0.2, 0.25) is 0 Å². The summed E-state index contributed by atoms with van der Waals surface area (Å²) in [7, 11) is 4.01. The summed E-state index contributed by atoms with van der Waals surface area (Å²) in [6.45, 7) is 0.957. The number of aliphatic hydroxyl groups is 1. The molecule has 0 aliphatic carbocycles. The fourth-order valence-corrected chi connectivity index (χ4v) is 1.45. The van der Waals surface area contributed by atoms with Gasteiger partial charge in [-0.1, -0.05) is 12.1 Å². The average Bonchev–Trinajstić information content (AvgIpc) is 2.18. The van der Waals surface area contributed by atoms with Crippen LogP contribution in [0.5, 0.6) is 0 Å². The monoisotopic (exact) mass is 211 g/mol. The number of halogens is 1. The quantitative estimate of drug-likeness (QED) is 0.807. The Morgan fingerprint density at radius 3 is 2.40 bits per heavy atom. The molecule has 0 aromatic heterocycles. The van der Waals surface area contributed by atoms with Crippen molar-refractivity contribution in [3.63, 3.8) is 0 Å². The molecule has 15 heavy (non-hydrogen) atoms. The highest BCUT2D eigenvalue weighted by Crippen LogP contribution is 2.18. The minimum absolute atomic E-state index is 0.265. The molecule has 0 fully saturated rings. The molecule has 1 aromatic rings. The van der Waals surface area contributed by atoms with Crippen molar-refractivity contribution in [1.29, 1.82) is 0 Å². The smallest absolute Gasteiger partial charge is 0.123 e. The van der Waals surface area contributed by atoms with Crippen LogP contribution in [0, 0.1) is 5.82 Å². The van der Waals surface area contributed by atoms with Crippen molar-refractivity contribution < 1.29 is 9.50 Å². The first-order chi connectivity index (χ1) is 7.09. The average molecular weight is 211 g/mol. The fourth-order valence-electron chi connectivity index (χ4n) is 1.45. The Bertz CT molecular complexity index is 284. The Hall–Kier alpha value is -0.930. The first-order valence-electron chi connectivity index (χ1n) is 5.18. The normalized spacial score (nSPS) is 13.1. The van der Waals surface area contributed by atoms with Crippen molar-refractivity contribution in [2.24, 2.45) is 0 Å². The summed E-state index contributed by atoms with van der Waals surface area (Å²) in [5, 5.41) is 9.78. The summed E-state index contributed by atoms with van der Waals surface area (Å²) >= 11 is 0. The lowest BCUT2D eigenvalue weighted by Gasteiger charge is -2.13. The largest absolute Gasteiger partial charge is 0.388 e. The lowest BCUT2D eigenvalue weighted by Crippen LogP contribution is -2.13. The fraction of sp³-hybridized carbons (Fsp3) is 0.500. The highest BCUT2D eigenvalue weighted by atomic mass is 19.1. The van der Waals surface area contributed by atoms with Crippen LogP contribution in [0.25, 0.3) is 0 Å². The lowest BCUT2D eigenvalue weighted by molar-refractivity contribution is 0.160. The van der Waals surface area contributed by atoms with Crippen molar-refractivity contribution in [2.45, 2.75) is 18.9 Å². The summed E-state index contributed by atoms with van der Waals surface area (Å²) in [4.78, 5) is 2.08. The maximum atomic E-state index is 12.6. The van der Waals surface area contributed by atoms with Crippen LogP contribution in [0.1, 0.15) is 24.5 Å². The number of benzene rings is 1. The van der Waals surface area contributed by atoms with Gasteiger partial charge in [-0.3, -0.25) is 0 Å². The van der Waals surface area contributed by atoms with Gasteiger partial charge in [0, 0.05) is 0 Å². The van der Waals surface area contributed by atoms with E-state index in [9.17, 15) is 9.50 Å². The van der Waals surface area contributed by atoms with Crippen molar-refractivity contribution in [1.82, 2.24) is 4.90 Å². The molecule has 2 nitrogen and oxygen atoms in total. The number of hydrogen-bond acceptors (Lipinski definition) is 2. The summed E-state index contributed by atoms with van der Waals surface area (Å²) in [5.74, 6) is -0.265. The van der Waals surface area contributed by atoms with Gasteiger partial charge in [0.1, 0.15) is 5.82 Å². The topological polar surface area (TPSA) is 23.5 Å². The van der Waals surface area contributed by atoms with E-state index in [1.165, 1.54) is 12.1 Å². The Morgan fingerprint density at radius 2 is 1.87 bits per heavy atom. The number of nitrogens with zero attached hydrogens (tertiary/aromatic N) is 1. The number of rotatable bonds is 5. The molecule has 1 rings (SSSR count). The van der Waals surface area contributed by atoms with Gasteiger partial charge < -0.3 is 10.0 Å². The van der Waals surface area contributed by atoms with Gasteiger partial charge in [0.15, 0.2) is 0 Å². The Kier molecular flexibility index (Phi) is 4.72. The van der Waals surface area contributed by atoms with Gasteiger partial charge in [-0.15, -0.1) is 0 Å². The Morgan fingerprint density at radius 1 is 1.27 bits per heavy atom. The van der Waals surface area contributed by atoms with E-state index in [-0.39, 0.29) is 5.82 Å². The zero-order valence-corrected chi connectivity index (χ0v) is 9.28. The van der Waals surface area contributed by atoms with E-state index in [1.807, 2.05) is 14.1 Å². The molecule has 0 aliphatic rings. The molecule has 0 saturated heterocycles. The van der Waals surface area contributed by atoms with Crippen LogP contribution in [0.4, 0.5) is 4.39 Å². The van der Waals surface area contributed by atoms with Crippen LogP contribution in [0.3, 0.4) is 0 Å². The standard InChI is InChI=1S/C12H18FNO/c1-14(2)9-3-4-12(15)10-5-7-11(13)8-6-10/h5-8,12,15H,3-4,9H2,1-2H3. The summed E-state index contributed by atoms with van der Waals surface area (Å²) < 4.78 is 12.6. The molecule has 0 saturated carbocycles. The van der Waals surface area contributed by atoms with Gasteiger partial charge in [-0.2, -0.15) is 0 Å². The molecule has 0 bridgehead atoms. The van der Waals surface area contributed by atoms with E-state index in [0.29, 0.717) is 6.42 Å². The van der Waals surface area contributed by atoms with Crippen molar-refractivity contribution in [3.8, 4) is 0 Å². The first kappa shape index (κ1) is 12.1. The van der Waals surface area contributed by atoms with Crippen LogP contribution in [-0.2, 0) is 0 Å². The van der Waals surface area contributed by atoms with Crippen LogP contribution < -0.4 is 0 Å². The third kappa shape index (κ3) is 4.40. The molecule has 0 aliphatic heterocycles. The first-order valence-corrected chi connectivity index (χ1v) is 5.18. The third-order valence-electron chi connectivity index (χ3n) is 2.34. The van der Waals surface area contributed by atoms with E-state index in [4.69, 9.17) is 0 Å². The zero-order chi connectivity index (χ0) is 11.3. The van der Waals surface area contributed by atoms with Gasteiger partial charge in [-0.25, -0.2) is 4.39 Å². The molecule has 1 aromatic carbocycles. The molecule has 84 valence electrons. The third-order valence-corrected chi connectivity index (χ3v) is 2.34.